The van der Waals surface area contributed by atoms with Crippen LogP contribution < -0.4 is 5.73 Å². The van der Waals surface area contributed by atoms with Crippen molar-refractivity contribution in [3.8, 4) is 0 Å². The normalized spacial score (nSPS) is 47.3. The molecule has 0 radical (unpaired) electrons. The van der Waals surface area contributed by atoms with Crippen molar-refractivity contribution in [2.45, 2.75) is 75.5 Å². The number of hydrogen-bond donors (Lipinski definition) is 2. The van der Waals surface area contributed by atoms with E-state index in [2.05, 4.69) is 6.92 Å². The summed E-state index contributed by atoms with van der Waals surface area (Å²) in [6.45, 7) is 2.25. The lowest BCUT2D eigenvalue weighted by molar-refractivity contribution is -0.133. The van der Waals surface area contributed by atoms with Crippen molar-refractivity contribution in [1.82, 2.24) is 0 Å². The standard InChI is InChI=1S/C14H27NO2/c1-3-11-5-4-7-14(16,8-6-11)13(15)9-12(10-13)17-2/h11-12,16H,3-10,15H2,1-2H3. The summed E-state index contributed by atoms with van der Waals surface area (Å²) in [5.41, 5.74) is 5.36. The number of rotatable bonds is 3. The Labute approximate surface area is 105 Å². The van der Waals surface area contributed by atoms with Crippen LogP contribution in [0, 0.1) is 5.92 Å². The maximum atomic E-state index is 10.9. The first kappa shape index (κ1) is 13.3. The second-order valence-corrected chi connectivity index (χ2v) is 6.16. The van der Waals surface area contributed by atoms with E-state index in [1.807, 2.05) is 0 Å². The van der Waals surface area contributed by atoms with E-state index >= 15 is 0 Å². The Hall–Kier alpha value is -0.120. The zero-order chi connectivity index (χ0) is 12.5. The van der Waals surface area contributed by atoms with Crippen molar-refractivity contribution in [3.05, 3.63) is 0 Å². The van der Waals surface area contributed by atoms with Crippen LogP contribution in [-0.2, 0) is 4.74 Å². The number of aliphatic hydroxyl groups is 1. The Morgan fingerprint density at radius 1 is 1.29 bits per heavy atom. The lowest BCUT2D eigenvalue weighted by Crippen LogP contribution is -2.69. The van der Waals surface area contributed by atoms with E-state index in [9.17, 15) is 5.11 Å². The first-order valence-electron chi connectivity index (χ1n) is 7.07. The van der Waals surface area contributed by atoms with Crippen molar-refractivity contribution in [1.29, 1.82) is 0 Å². The molecule has 2 saturated carbocycles. The molecule has 3 N–H and O–H groups in total. The molecule has 2 aliphatic rings. The molecule has 0 spiro atoms. The number of nitrogens with two attached hydrogens (primary N) is 1. The average molecular weight is 241 g/mol. The van der Waals surface area contributed by atoms with Gasteiger partial charge < -0.3 is 15.6 Å². The molecule has 2 atom stereocenters. The molecule has 0 aromatic carbocycles. The lowest BCUT2D eigenvalue weighted by atomic mass is 9.62. The van der Waals surface area contributed by atoms with Gasteiger partial charge in [0.2, 0.25) is 0 Å². The molecule has 100 valence electrons. The van der Waals surface area contributed by atoms with E-state index in [-0.39, 0.29) is 6.10 Å². The van der Waals surface area contributed by atoms with Gasteiger partial charge in [0.05, 0.1) is 11.7 Å². The van der Waals surface area contributed by atoms with E-state index in [0.717, 1.165) is 44.4 Å². The molecule has 2 aliphatic carbocycles. The summed E-state index contributed by atoms with van der Waals surface area (Å²) >= 11 is 0. The molecule has 0 saturated heterocycles. The average Bonchev–Trinajstić information content (AvgIpc) is 2.47. The van der Waals surface area contributed by atoms with E-state index < -0.39 is 11.1 Å². The molecule has 2 fully saturated rings. The Kier molecular flexibility index (Phi) is 3.81. The Morgan fingerprint density at radius 3 is 2.59 bits per heavy atom. The maximum Gasteiger partial charge on any atom is 0.0828 e. The fourth-order valence-electron chi connectivity index (χ4n) is 3.60. The van der Waals surface area contributed by atoms with E-state index in [4.69, 9.17) is 10.5 Å². The maximum absolute atomic E-state index is 10.9. The van der Waals surface area contributed by atoms with Gasteiger partial charge in [0, 0.05) is 12.6 Å². The van der Waals surface area contributed by atoms with Crippen molar-refractivity contribution < 1.29 is 9.84 Å². The minimum absolute atomic E-state index is 0.259. The van der Waals surface area contributed by atoms with Gasteiger partial charge in [-0.05, 0) is 38.0 Å². The molecule has 2 rings (SSSR count). The van der Waals surface area contributed by atoms with Crippen LogP contribution in [0.1, 0.15) is 58.3 Å². The molecule has 0 bridgehead atoms. The summed E-state index contributed by atoms with van der Waals surface area (Å²) in [5.74, 6) is 0.783. The zero-order valence-electron chi connectivity index (χ0n) is 11.2. The highest BCUT2D eigenvalue weighted by atomic mass is 16.5. The predicted octanol–water partition coefficient (Wildman–Crippen LogP) is 2.21. The first-order valence-corrected chi connectivity index (χ1v) is 7.07. The summed E-state index contributed by atoms with van der Waals surface area (Å²) in [6.07, 6.45) is 8.36. The molecule has 0 heterocycles. The van der Waals surface area contributed by atoms with Gasteiger partial charge in [0.25, 0.3) is 0 Å². The minimum atomic E-state index is -0.647. The monoisotopic (exact) mass is 241 g/mol. The van der Waals surface area contributed by atoms with Gasteiger partial charge in [-0.2, -0.15) is 0 Å². The van der Waals surface area contributed by atoms with E-state index in [0.29, 0.717) is 0 Å². The van der Waals surface area contributed by atoms with Gasteiger partial charge >= 0.3 is 0 Å². The molecule has 3 heteroatoms. The van der Waals surface area contributed by atoms with Gasteiger partial charge in [0.1, 0.15) is 0 Å². The van der Waals surface area contributed by atoms with Crippen molar-refractivity contribution in [3.63, 3.8) is 0 Å². The smallest absolute Gasteiger partial charge is 0.0828 e. The van der Waals surface area contributed by atoms with Crippen LogP contribution in [-0.4, -0.2) is 29.5 Å². The number of methoxy groups -OCH3 is 1. The molecule has 0 aromatic heterocycles. The SMILES string of the molecule is CCC1CCCC(O)(C2(N)CC(OC)C2)CC1. The van der Waals surface area contributed by atoms with Crippen LogP contribution in [0.3, 0.4) is 0 Å². The second kappa shape index (κ2) is 4.87. The van der Waals surface area contributed by atoms with Crippen LogP contribution in [0.4, 0.5) is 0 Å². The molecule has 17 heavy (non-hydrogen) atoms. The van der Waals surface area contributed by atoms with Crippen molar-refractivity contribution in [2.75, 3.05) is 7.11 Å². The molecule has 0 aromatic rings. The first-order chi connectivity index (χ1) is 8.03. The van der Waals surface area contributed by atoms with Gasteiger partial charge in [-0.15, -0.1) is 0 Å². The molecular formula is C14H27NO2. The lowest BCUT2D eigenvalue weighted by Gasteiger charge is -2.54. The zero-order valence-corrected chi connectivity index (χ0v) is 11.2. The van der Waals surface area contributed by atoms with Gasteiger partial charge in [-0.3, -0.25) is 0 Å². The van der Waals surface area contributed by atoms with Crippen LogP contribution in [0.25, 0.3) is 0 Å². The van der Waals surface area contributed by atoms with E-state index in [1.54, 1.807) is 7.11 Å². The number of hydrogen-bond acceptors (Lipinski definition) is 3. The third kappa shape index (κ3) is 2.38. The topological polar surface area (TPSA) is 55.5 Å². The summed E-state index contributed by atoms with van der Waals surface area (Å²) in [5, 5.41) is 10.9. The highest BCUT2D eigenvalue weighted by molar-refractivity contribution is 5.12. The highest BCUT2D eigenvalue weighted by Gasteiger charge is 2.55. The van der Waals surface area contributed by atoms with Gasteiger partial charge in [0.15, 0.2) is 0 Å². The predicted molar refractivity (Wildman–Crippen MR) is 68.8 cm³/mol. The van der Waals surface area contributed by atoms with E-state index in [1.165, 1.54) is 12.8 Å². The Balaban J connectivity index is 1.99. The highest BCUT2D eigenvalue weighted by Crippen LogP contribution is 2.47. The van der Waals surface area contributed by atoms with Crippen LogP contribution in [0.2, 0.25) is 0 Å². The van der Waals surface area contributed by atoms with Crippen LogP contribution in [0.15, 0.2) is 0 Å². The number of ether oxygens (including phenoxy) is 1. The third-order valence-electron chi connectivity index (χ3n) is 5.19. The molecule has 0 amide bonds. The second-order valence-electron chi connectivity index (χ2n) is 6.16. The fourth-order valence-corrected chi connectivity index (χ4v) is 3.60. The van der Waals surface area contributed by atoms with Crippen molar-refractivity contribution in [2.24, 2.45) is 11.7 Å². The fraction of sp³-hybridized carbons (Fsp3) is 1.00. The Bertz CT molecular complexity index is 263. The third-order valence-corrected chi connectivity index (χ3v) is 5.19. The Morgan fingerprint density at radius 2 is 2.00 bits per heavy atom. The van der Waals surface area contributed by atoms with Crippen molar-refractivity contribution >= 4 is 0 Å². The molecule has 3 nitrogen and oxygen atoms in total. The molecule has 0 aliphatic heterocycles. The summed E-state index contributed by atoms with van der Waals surface area (Å²) in [6, 6.07) is 0. The molecule has 2 unspecified atom stereocenters. The largest absolute Gasteiger partial charge is 0.388 e. The minimum Gasteiger partial charge on any atom is -0.388 e. The molecular weight excluding hydrogens is 214 g/mol. The van der Waals surface area contributed by atoms with Crippen LogP contribution >= 0.6 is 0 Å². The summed E-state index contributed by atoms with van der Waals surface area (Å²) in [7, 11) is 1.73. The quantitative estimate of drug-likeness (QED) is 0.745. The summed E-state index contributed by atoms with van der Waals surface area (Å²) in [4.78, 5) is 0. The van der Waals surface area contributed by atoms with Crippen LogP contribution in [0.5, 0.6) is 0 Å². The summed E-state index contributed by atoms with van der Waals surface area (Å²) < 4.78 is 5.30. The van der Waals surface area contributed by atoms with Gasteiger partial charge in [-0.1, -0.05) is 26.2 Å². The van der Waals surface area contributed by atoms with Gasteiger partial charge in [-0.25, -0.2) is 0 Å².